The zero-order chi connectivity index (χ0) is 28.8. The van der Waals surface area contributed by atoms with Crippen molar-refractivity contribution >= 4 is 17.7 Å². The minimum atomic E-state index is -4.19. The molecule has 0 radical (unpaired) electrons. The quantitative estimate of drug-likeness (QED) is 0.245. The van der Waals surface area contributed by atoms with Gasteiger partial charge in [0.2, 0.25) is 0 Å². The number of rotatable bonds is 16. The number of nitrogens with zero attached hydrogens (tertiary/aromatic N) is 1. The second-order valence-electron chi connectivity index (χ2n) is 9.03. The molecule has 0 heterocycles. The monoisotopic (exact) mass is 554 g/mol. The number of carbonyl (C=O) groups is 2. The van der Waals surface area contributed by atoms with E-state index in [1.54, 1.807) is 43.3 Å². The molecule has 0 bridgehead atoms. The minimum absolute atomic E-state index is 0.000454. The molecule has 8 nitrogen and oxygen atoms in total. The third-order valence-electron chi connectivity index (χ3n) is 5.89. The van der Waals surface area contributed by atoms with E-state index in [4.69, 9.17) is 14.2 Å². The number of carbonyl (C=O) groups excluding carboxylic acids is 1. The fourth-order valence-electron chi connectivity index (χ4n) is 3.86. The van der Waals surface area contributed by atoms with Crippen molar-refractivity contribution in [3.63, 3.8) is 0 Å². The molecule has 0 aliphatic rings. The SMILES string of the molecule is CCOC(Cc1ccc(OCCN(CCCCCC(F)(F)F)C(=O)Nc2cc(C)ccc2OC)cc1)C(=O)O. The highest BCUT2D eigenvalue weighted by molar-refractivity contribution is 5.91. The van der Waals surface area contributed by atoms with E-state index in [-0.39, 0.29) is 32.5 Å². The van der Waals surface area contributed by atoms with E-state index >= 15 is 0 Å². The number of halogens is 3. The van der Waals surface area contributed by atoms with Gasteiger partial charge in [-0.1, -0.05) is 24.6 Å². The van der Waals surface area contributed by atoms with Crippen LogP contribution in [-0.4, -0.2) is 67.7 Å². The average molecular weight is 555 g/mol. The van der Waals surface area contributed by atoms with Crippen LogP contribution in [0.5, 0.6) is 11.5 Å². The lowest BCUT2D eigenvalue weighted by atomic mass is 10.1. The zero-order valence-electron chi connectivity index (χ0n) is 22.6. The number of aliphatic carboxylic acids is 1. The first kappa shape index (κ1) is 31.7. The Labute approximate surface area is 227 Å². The topological polar surface area (TPSA) is 97.3 Å². The number of carboxylic acid groups (broad SMARTS) is 1. The second-order valence-corrected chi connectivity index (χ2v) is 9.03. The first-order valence-corrected chi connectivity index (χ1v) is 12.9. The lowest BCUT2D eigenvalue weighted by Crippen LogP contribution is -2.38. The number of carboxylic acids is 1. The summed E-state index contributed by atoms with van der Waals surface area (Å²) in [5.41, 5.74) is 2.19. The molecule has 11 heteroatoms. The van der Waals surface area contributed by atoms with Crippen LogP contribution in [0.1, 0.15) is 43.7 Å². The summed E-state index contributed by atoms with van der Waals surface area (Å²) in [4.78, 5) is 25.9. The summed E-state index contributed by atoms with van der Waals surface area (Å²) in [7, 11) is 1.50. The van der Waals surface area contributed by atoms with E-state index < -0.39 is 30.7 Å². The number of hydrogen-bond donors (Lipinski definition) is 2. The van der Waals surface area contributed by atoms with Crippen LogP contribution < -0.4 is 14.8 Å². The third kappa shape index (κ3) is 11.8. The van der Waals surface area contributed by atoms with Crippen molar-refractivity contribution in [3.05, 3.63) is 53.6 Å². The second kappa shape index (κ2) is 15.8. The molecule has 1 atom stereocenters. The first-order valence-electron chi connectivity index (χ1n) is 12.9. The largest absolute Gasteiger partial charge is 0.495 e. The fraction of sp³-hybridized carbons (Fsp3) is 0.500. The molecule has 39 heavy (non-hydrogen) atoms. The zero-order valence-corrected chi connectivity index (χ0v) is 22.6. The van der Waals surface area contributed by atoms with Gasteiger partial charge >= 0.3 is 18.2 Å². The van der Waals surface area contributed by atoms with Gasteiger partial charge in [-0.25, -0.2) is 9.59 Å². The summed E-state index contributed by atoms with van der Waals surface area (Å²) in [5.74, 6) is -0.00458. The fourth-order valence-corrected chi connectivity index (χ4v) is 3.86. The lowest BCUT2D eigenvalue weighted by Gasteiger charge is -2.24. The number of ether oxygens (including phenoxy) is 3. The van der Waals surface area contributed by atoms with Crippen molar-refractivity contribution in [1.29, 1.82) is 0 Å². The van der Waals surface area contributed by atoms with Gasteiger partial charge in [0.15, 0.2) is 6.10 Å². The Morgan fingerprint density at radius 1 is 1.05 bits per heavy atom. The van der Waals surface area contributed by atoms with Crippen LogP contribution in [0, 0.1) is 6.92 Å². The molecule has 0 aliphatic heterocycles. The van der Waals surface area contributed by atoms with Gasteiger partial charge in [-0.3, -0.25) is 0 Å². The normalized spacial score (nSPS) is 12.1. The number of urea groups is 1. The van der Waals surface area contributed by atoms with Crippen LogP contribution in [0.3, 0.4) is 0 Å². The highest BCUT2D eigenvalue weighted by Crippen LogP contribution is 2.26. The molecule has 0 aliphatic carbocycles. The highest BCUT2D eigenvalue weighted by atomic mass is 19.4. The van der Waals surface area contributed by atoms with Crippen LogP contribution in [0.25, 0.3) is 0 Å². The van der Waals surface area contributed by atoms with Crippen molar-refractivity contribution in [2.45, 2.75) is 58.2 Å². The Hall–Kier alpha value is -3.47. The Balaban J connectivity index is 1.98. The molecule has 0 aromatic heterocycles. The predicted octanol–water partition coefficient (Wildman–Crippen LogP) is 6.07. The Morgan fingerprint density at radius 3 is 2.38 bits per heavy atom. The standard InChI is InChI=1S/C28H37F3N2O6/c1-4-38-25(26(34)35)19-21-9-11-22(12-10-21)39-17-16-33(15-7-5-6-14-28(29,30)31)27(36)32-23-18-20(2)8-13-24(23)37-3/h8-13,18,25H,4-7,14-17,19H2,1-3H3,(H,32,36)(H,34,35). The third-order valence-corrected chi connectivity index (χ3v) is 5.89. The first-order chi connectivity index (χ1) is 18.5. The molecule has 0 saturated carbocycles. The van der Waals surface area contributed by atoms with E-state index in [9.17, 15) is 27.9 Å². The molecular formula is C28H37F3N2O6. The van der Waals surface area contributed by atoms with Gasteiger partial charge in [-0.05, 0) is 62.1 Å². The van der Waals surface area contributed by atoms with E-state index in [2.05, 4.69) is 5.32 Å². The number of unbranched alkanes of at least 4 members (excludes halogenated alkanes) is 2. The van der Waals surface area contributed by atoms with Gasteiger partial charge in [-0.15, -0.1) is 0 Å². The van der Waals surface area contributed by atoms with Crippen molar-refractivity contribution in [3.8, 4) is 11.5 Å². The number of amides is 2. The number of alkyl halides is 3. The van der Waals surface area contributed by atoms with E-state index in [0.29, 0.717) is 36.6 Å². The van der Waals surface area contributed by atoms with E-state index in [0.717, 1.165) is 11.1 Å². The van der Waals surface area contributed by atoms with E-state index in [1.807, 2.05) is 13.0 Å². The molecule has 2 rings (SSSR count). The van der Waals surface area contributed by atoms with Crippen molar-refractivity contribution in [2.75, 3.05) is 38.7 Å². The summed E-state index contributed by atoms with van der Waals surface area (Å²) in [6.07, 6.45) is -5.02. The van der Waals surface area contributed by atoms with Crippen LogP contribution in [0.15, 0.2) is 42.5 Å². The Kier molecular flexibility index (Phi) is 12.9. The highest BCUT2D eigenvalue weighted by Gasteiger charge is 2.26. The number of hydrogen-bond acceptors (Lipinski definition) is 5. The molecule has 2 N–H and O–H groups in total. The van der Waals surface area contributed by atoms with Gasteiger partial charge in [0.25, 0.3) is 0 Å². The molecule has 0 fully saturated rings. The summed E-state index contributed by atoms with van der Waals surface area (Å²) >= 11 is 0. The van der Waals surface area contributed by atoms with Gasteiger partial charge in [0, 0.05) is 26.0 Å². The van der Waals surface area contributed by atoms with Gasteiger partial charge < -0.3 is 29.5 Å². The maximum atomic E-state index is 13.1. The molecule has 2 aromatic carbocycles. The van der Waals surface area contributed by atoms with Crippen molar-refractivity contribution < 1.29 is 42.1 Å². The average Bonchev–Trinajstić information content (AvgIpc) is 2.87. The number of methoxy groups -OCH3 is 1. The number of anilines is 1. The summed E-state index contributed by atoms with van der Waals surface area (Å²) in [6.45, 7) is 4.51. The van der Waals surface area contributed by atoms with Gasteiger partial charge in [0.05, 0.1) is 19.3 Å². The van der Waals surface area contributed by atoms with Crippen LogP contribution in [0.4, 0.5) is 23.7 Å². The molecule has 0 spiro atoms. The summed E-state index contributed by atoms with van der Waals surface area (Å²) in [6, 6.07) is 11.9. The minimum Gasteiger partial charge on any atom is -0.495 e. The van der Waals surface area contributed by atoms with Gasteiger partial charge in [-0.2, -0.15) is 13.2 Å². The lowest BCUT2D eigenvalue weighted by molar-refractivity contribution is -0.150. The van der Waals surface area contributed by atoms with Crippen LogP contribution in [-0.2, 0) is 16.0 Å². The van der Waals surface area contributed by atoms with Crippen molar-refractivity contribution in [2.24, 2.45) is 0 Å². The van der Waals surface area contributed by atoms with Crippen LogP contribution >= 0.6 is 0 Å². The van der Waals surface area contributed by atoms with E-state index in [1.165, 1.54) is 12.0 Å². The van der Waals surface area contributed by atoms with Gasteiger partial charge in [0.1, 0.15) is 18.1 Å². The molecule has 0 saturated heterocycles. The van der Waals surface area contributed by atoms with Crippen LogP contribution in [0.2, 0.25) is 0 Å². The number of nitrogens with one attached hydrogen (secondary N) is 1. The number of aryl methyl sites for hydroxylation is 1. The molecule has 1 unspecified atom stereocenters. The summed E-state index contributed by atoms with van der Waals surface area (Å²) < 4.78 is 53.7. The molecule has 2 amide bonds. The maximum Gasteiger partial charge on any atom is 0.389 e. The predicted molar refractivity (Wildman–Crippen MR) is 142 cm³/mol. The number of benzene rings is 2. The molecule has 2 aromatic rings. The Morgan fingerprint density at radius 2 is 1.77 bits per heavy atom. The Bertz CT molecular complexity index is 1050. The smallest absolute Gasteiger partial charge is 0.389 e. The van der Waals surface area contributed by atoms with Crippen molar-refractivity contribution in [1.82, 2.24) is 4.90 Å². The molecule has 216 valence electrons. The molecular weight excluding hydrogens is 517 g/mol. The maximum absolute atomic E-state index is 13.1. The summed E-state index contributed by atoms with van der Waals surface area (Å²) in [5, 5.41) is 12.1.